The maximum atomic E-state index is 2.32. The van der Waals surface area contributed by atoms with Gasteiger partial charge in [-0.3, -0.25) is 0 Å². The molecular formula is C16H26. The summed E-state index contributed by atoms with van der Waals surface area (Å²) in [6, 6.07) is 0. The van der Waals surface area contributed by atoms with Gasteiger partial charge in [0.05, 0.1) is 0 Å². The second kappa shape index (κ2) is 14.0. The standard InChI is InChI=1S/C16H26/c1-3-5-7-9-11-13-15-16-14-12-10-8-6-4-2/h3,5,7-11,13H,4,6,12,14-16H2,1-2H3. The average molecular weight is 218 g/mol. The van der Waals surface area contributed by atoms with Crippen LogP contribution >= 0.6 is 0 Å². The van der Waals surface area contributed by atoms with Crippen molar-refractivity contribution in [1.82, 2.24) is 0 Å². The Labute approximate surface area is 101 Å². The lowest BCUT2D eigenvalue weighted by Gasteiger charge is -1.92. The molecule has 0 N–H and O–H groups in total. The monoisotopic (exact) mass is 218 g/mol. The molecule has 16 heavy (non-hydrogen) atoms. The molecule has 0 aromatic heterocycles. The second-order valence-electron chi connectivity index (χ2n) is 3.88. The normalized spacial score (nSPS) is 12.9. The van der Waals surface area contributed by atoms with Crippen LogP contribution in [0.25, 0.3) is 0 Å². The maximum Gasteiger partial charge on any atom is -0.0347 e. The van der Waals surface area contributed by atoms with Gasteiger partial charge in [-0.2, -0.15) is 0 Å². The fraction of sp³-hybridized carbons (Fsp3) is 0.500. The molecule has 0 rings (SSSR count). The minimum atomic E-state index is 1.20. The SMILES string of the molecule is CC=CC=CC=CCCCCC=CCCC. The maximum absolute atomic E-state index is 2.32. The molecule has 0 aromatic carbocycles. The Balaban J connectivity index is 3.26. The van der Waals surface area contributed by atoms with Crippen molar-refractivity contribution in [2.75, 3.05) is 0 Å². The zero-order valence-corrected chi connectivity index (χ0v) is 10.9. The lowest BCUT2D eigenvalue weighted by atomic mass is 10.1. The van der Waals surface area contributed by atoms with Gasteiger partial charge >= 0.3 is 0 Å². The van der Waals surface area contributed by atoms with E-state index in [4.69, 9.17) is 0 Å². The lowest BCUT2D eigenvalue weighted by Crippen LogP contribution is -1.72. The van der Waals surface area contributed by atoms with E-state index >= 15 is 0 Å². The van der Waals surface area contributed by atoms with Gasteiger partial charge in [0, 0.05) is 0 Å². The highest BCUT2D eigenvalue weighted by molar-refractivity contribution is 5.10. The van der Waals surface area contributed by atoms with Crippen molar-refractivity contribution < 1.29 is 0 Å². The molecule has 0 amide bonds. The third-order valence-corrected chi connectivity index (χ3v) is 2.28. The van der Waals surface area contributed by atoms with Crippen LogP contribution in [0.1, 0.15) is 52.4 Å². The molecular weight excluding hydrogens is 192 g/mol. The minimum absolute atomic E-state index is 1.20. The second-order valence-corrected chi connectivity index (χ2v) is 3.88. The third-order valence-electron chi connectivity index (χ3n) is 2.28. The van der Waals surface area contributed by atoms with E-state index in [2.05, 4.69) is 43.4 Å². The molecule has 0 unspecified atom stereocenters. The van der Waals surface area contributed by atoms with E-state index in [-0.39, 0.29) is 0 Å². The van der Waals surface area contributed by atoms with Gasteiger partial charge in [0.15, 0.2) is 0 Å². The van der Waals surface area contributed by atoms with Crippen LogP contribution in [0.3, 0.4) is 0 Å². The zero-order valence-electron chi connectivity index (χ0n) is 10.9. The van der Waals surface area contributed by atoms with Gasteiger partial charge in [-0.25, -0.2) is 0 Å². The topological polar surface area (TPSA) is 0 Å². The van der Waals surface area contributed by atoms with Crippen LogP contribution in [0.4, 0.5) is 0 Å². The Morgan fingerprint density at radius 1 is 0.688 bits per heavy atom. The van der Waals surface area contributed by atoms with E-state index in [1.165, 1.54) is 38.5 Å². The highest BCUT2D eigenvalue weighted by atomic mass is 13.9. The fourth-order valence-electron chi connectivity index (χ4n) is 1.34. The Morgan fingerprint density at radius 3 is 2.00 bits per heavy atom. The van der Waals surface area contributed by atoms with Gasteiger partial charge in [-0.1, -0.05) is 62.0 Å². The summed E-state index contributed by atoms with van der Waals surface area (Å²) < 4.78 is 0. The molecule has 0 fully saturated rings. The number of rotatable bonds is 9. The summed E-state index contributed by atoms with van der Waals surface area (Å²) in [5.74, 6) is 0. The van der Waals surface area contributed by atoms with Crippen LogP contribution in [-0.4, -0.2) is 0 Å². The van der Waals surface area contributed by atoms with Crippen molar-refractivity contribution >= 4 is 0 Å². The van der Waals surface area contributed by atoms with Gasteiger partial charge in [0.2, 0.25) is 0 Å². The molecule has 0 saturated carbocycles. The van der Waals surface area contributed by atoms with Gasteiger partial charge in [-0.15, -0.1) is 0 Å². The van der Waals surface area contributed by atoms with Crippen LogP contribution in [0.2, 0.25) is 0 Å². The summed E-state index contributed by atoms with van der Waals surface area (Å²) in [7, 11) is 0. The largest absolute Gasteiger partial charge is 0.0885 e. The van der Waals surface area contributed by atoms with Gasteiger partial charge in [-0.05, 0) is 39.0 Å². The first-order valence-electron chi connectivity index (χ1n) is 6.51. The van der Waals surface area contributed by atoms with E-state index in [1.807, 2.05) is 19.1 Å². The van der Waals surface area contributed by atoms with E-state index in [9.17, 15) is 0 Å². The molecule has 0 saturated heterocycles. The van der Waals surface area contributed by atoms with Crippen molar-refractivity contribution in [2.24, 2.45) is 0 Å². The molecule has 0 heteroatoms. The molecule has 0 atom stereocenters. The molecule has 0 aliphatic heterocycles. The molecule has 0 aliphatic rings. The smallest absolute Gasteiger partial charge is 0.0347 e. The van der Waals surface area contributed by atoms with Gasteiger partial charge in [0.1, 0.15) is 0 Å². The van der Waals surface area contributed by atoms with Crippen LogP contribution in [0.15, 0.2) is 48.6 Å². The number of allylic oxidation sites excluding steroid dienone is 8. The number of hydrogen-bond donors (Lipinski definition) is 0. The van der Waals surface area contributed by atoms with E-state index in [0.717, 1.165) is 0 Å². The zero-order chi connectivity index (χ0) is 11.9. The van der Waals surface area contributed by atoms with Crippen molar-refractivity contribution in [3.63, 3.8) is 0 Å². The number of hydrogen-bond acceptors (Lipinski definition) is 0. The summed E-state index contributed by atoms with van der Waals surface area (Å²) in [5, 5.41) is 0. The van der Waals surface area contributed by atoms with Gasteiger partial charge in [0.25, 0.3) is 0 Å². The predicted octanol–water partition coefficient (Wildman–Crippen LogP) is 5.59. The van der Waals surface area contributed by atoms with Crippen LogP contribution in [-0.2, 0) is 0 Å². The Kier molecular flexibility index (Phi) is 13.1. The van der Waals surface area contributed by atoms with Crippen molar-refractivity contribution in [3.05, 3.63) is 48.6 Å². The lowest BCUT2D eigenvalue weighted by molar-refractivity contribution is 0.759. The molecule has 0 bridgehead atoms. The summed E-state index contributed by atoms with van der Waals surface area (Å²) in [6.07, 6.45) is 24.8. The van der Waals surface area contributed by atoms with Crippen molar-refractivity contribution in [3.8, 4) is 0 Å². The fourth-order valence-corrected chi connectivity index (χ4v) is 1.34. The van der Waals surface area contributed by atoms with E-state index < -0.39 is 0 Å². The summed E-state index contributed by atoms with van der Waals surface area (Å²) >= 11 is 0. The van der Waals surface area contributed by atoms with E-state index in [1.54, 1.807) is 0 Å². The molecule has 0 aliphatic carbocycles. The Hall–Kier alpha value is -1.04. The molecule has 0 aromatic rings. The van der Waals surface area contributed by atoms with Crippen molar-refractivity contribution in [1.29, 1.82) is 0 Å². The number of unbranched alkanes of at least 4 members (excludes halogenated alkanes) is 4. The predicted molar refractivity (Wildman–Crippen MR) is 75.6 cm³/mol. The minimum Gasteiger partial charge on any atom is -0.0885 e. The Morgan fingerprint density at radius 2 is 1.31 bits per heavy atom. The summed E-state index contributed by atoms with van der Waals surface area (Å²) in [5.41, 5.74) is 0. The summed E-state index contributed by atoms with van der Waals surface area (Å²) in [6.45, 7) is 4.25. The van der Waals surface area contributed by atoms with Crippen LogP contribution in [0, 0.1) is 0 Å². The van der Waals surface area contributed by atoms with Crippen molar-refractivity contribution in [2.45, 2.75) is 52.4 Å². The molecule has 0 nitrogen and oxygen atoms in total. The summed E-state index contributed by atoms with van der Waals surface area (Å²) in [4.78, 5) is 0. The highest BCUT2D eigenvalue weighted by Crippen LogP contribution is 2.02. The first-order chi connectivity index (χ1) is 7.91. The first-order valence-corrected chi connectivity index (χ1v) is 6.51. The highest BCUT2D eigenvalue weighted by Gasteiger charge is 1.82. The molecule has 0 spiro atoms. The van der Waals surface area contributed by atoms with Crippen LogP contribution in [0.5, 0.6) is 0 Å². The molecule has 0 heterocycles. The third kappa shape index (κ3) is 13.0. The quantitative estimate of drug-likeness (QED) is 0.269. The van der Waals surface area contributed by atoms with Gasteiger partial charge < -0.3 is 0 Å². The first kappa shape index (κ1) is 15.0. The Bertz CT molecular complexity index is 228. The van der Waals surface area contributed by atoms with E-state index in [0.29, 0.717) is 0 Å². The molecule has 0 radical (unpaired) electrons. The van der Waals surface area contributed by atoms with Crippen LogP contribution < -0.4 is 0 Å². The average Bonchev–Trinajstić information content (AvgIpc) is 2.31. The molecule has 90 valence electrons.